The molecule has 2 unspecified atom stereocenters. The minimum Gasteiger partial charge on any atom is -0.303 e. The summed E-state index contributed by atoms with van der Waals surface area (Å²) in [7, 11) is 0. The number of hydrogen-bond acceptors (Lipinski definition) is 2. The van der Waals surface area contributed by atoms with E-state index in [1.807, 2.05) is 30.5 Å². The summed E-state index contributed by atoms with van der Waals surface area (Å²) >= 11 is 6.10. The van der Waals surface area contributed by atoms with Crippen molar-refractivity contribution in [3.63, 3.8) is 0 Å². The molecule has 2 aromatic carbocycles. The largest absolute Gasteiger partial charge is 0.448 e. The molecule has 4 nitrogen and oxygen atoms in total. The van der Waals surface area contributed by atoms with Crippen molar-refractivity contribution in [2.24, 2.45) is 4.99 Å². The van der Waals surface area contributed by atoms with Gasteiger partial charge >= 0.3 is 6.03 Å². The molecule has 146 valence electrons. The fourth-order valence-corrected chi connectivity index (χ4v) is 4.89. The number of hydrogen-bond donors (Lipinski definition) is 0. The first-order valence-electron chi connectivity index (χ1n) is 10.1. The highest BCUT2D eigenvalue weighted by atomic mass is 35.5. The Morgan fingerprint density at radius 1 is 1.07 bits per heavy atom. The van der Waals surface area contributed by atoms with E-state index in [1.54, 1.807) is 0 Å². The summed E-state index contributed by atoms with van der Waals surface area (Å²) in [6, 6.07) is 18.6. The van der Waals surface area contributed by atoms with Crippen LogP contribution in [0.2, 0.25) is 5.02 Å². The van der Waals surface area contributed by atoms with Gasteiger partial charge in [0.15, 0.2) is 0 Å². The highest BCUT2D eigenvalue weighted by molar-refractivity contribution is 6.30. The summed E-state index contributed by atoms with van der Waals surface area (Å²) in [5.74, 6) is 0. The van der Waals surface area contributed by atoms with Gasteiger partial charge in [0, 0.05) is 49.6 Å². The third kappa shape index (κ3) is 3.52. The molecule has 1 fully saturated rings. The van der Waals surface area contributed by atoms with Crippen LogP contribution in [0, 0.1) is 0 Å². The molecule has 0 bridgehead atoms. The number of nitrogens with zero attached hydrogens (tertiary/aromatic N) is 3. The molecule has 2 aliphatic heterocycles. The van der Waals surface area contributed by atoms with Crippen LogP contribution in [0.5, 0.6) is 0 Å². The van der Waals surface area contributed by atoms with Gasteiger partial charge in [-0.2, -0.15) is 9.48 Å². The zero-order valence-corrected chi connectivity index (χ0v) is 17.1. The van der Waals surface area contributed by atoms with E-state index >= 15 is 0 Å². The number of amides is 2. The summed E-state index contributed by atoms with van der Waals surface area (Å²) in [6.07, 6.45) is 4.88. The predicted octanol–water partition coefficient (Wildman–Crippen LogP) is 4.95. The molecule has 0 N–H and O–H groups in total. The number of likely N-dealkylation sites (tertiary alicyclic amines) is 1. The lowest BCUT2D eigenvalue weighted by Gasteiger charge is -2.44. The monoisotopic (exact) mass is 396 g/mol. The normalized spacial score (nSPS) is 26.1. The van der Waals surface area contributed by atoms with E-state index in [-0.39, 0.29) is 18.1 Å². The van der Waals surface area contributed by atoms with Crippen molar-refractivity contribution < 1.29 is 4.79 Å². The second-order valence-corrected chi connectivity index (χ2v) is 8.30. The van der Waals surface area contributed by atoms with Crippen LogP contribution in [-0.2, 0) is 6.42 Å². The van der Waals surface area contributed by atoms with Gasteiger partial charge in [0.1, 0.15) is 17.8 Å². The molecule has 2 aliphatic rings. The van der Waals surface area contributed by atoms with E-state index < -0.39 is 0 Å². The lowest BCUT2D eigenvalue weighted by atomic mass is 9.96. The van der Waals surface area contributed by atoms with Crippen LogP contribution in [0.1, 0.15) is 25.3 Å². The number of halogens is 1. The van der Waals surface area contributed by atoms with Gasteiger partial charge in [-0.3, -0.25) is 0 Å². The molecule has 5 heteroatoms. The molecule has 0 saturated carbocycles. The minimum absolute atomic E-state index is 0.0439. The molecule has 0 aliphatic carbocycles. The first-order chi connectivity index (χ1) is 13.6. The van der Waals surface area contributed by atoms with Gasteiger partial charge in [-0.15, -0.1) is 0 Å². The third-order valence-corrected chi connectivity index (χ3v) is 6.56. The molecule has 1 saturated heterocycles. The maximum absolute atomic E-state index is 13.0. The van der Waals surface area contributed by atoms with Gasteiger partial charge in [-0.25, -0.2) is 4.79 Å². The van der Waals surface area contributed by atoms with Crippen molar-refractivity contribution in [1.82, 2.24) is 9.38 Å². The third-order valence-electron chi connectivity index (χ3n) is 6.31. The number of rotatable bonds is 5. The average Bonchev–Trinajstić information content (AvgIpc) is 3.03. The second-order valence-electron chi connectivity index (χ2n) is 7.86. The topological polar surface area (TPSA) is 32.7 Å². The van der Waals surface area contributed by atoms with Crippen LogP contribution in [0.25, 0.3) is 0 Å². The lowest BCUT2D eigenvalue weighted by molar-refractivity contribution is 0.126. The fraction of sp³-hybridized carbons (Fsp3) is 0.391. The van der Waals surface area contributed by atoms with E-state index in [1.165, 1.54) is 5.56 Å². The van der Waals surface area contributed by atoms with Crippen LogP contribution in [-0.4, -0.2) is 48.9 Å². The molecule has 2 amide bonds. The Bertz CT molecular complexity index is 844. The van der Waals surface area contributed by atoms with E-state index in [2.05, 4.69) is 47.1 Å². The highest BCUT2D eigenvalue weighted by Gasteiger charge is 2.53. The van der Waals surface area contributed by atoms with Crippen molar-refractivity contribution in [2.45, 2.75) is 38.3 Å². The summed E-state index contributed by atoms with van der Waals surface area (Å²) in [6.45, 7) is 5.21. The fourth-order valence-electron chi connectivity index (χ4n) is 4.76. The Morgan fingerprint density at radius 2 is 1.75 bits per heavy atom. The van der Waals surface area contributed by atoms with Gasteiger partial charge < -0.3 is 4.90 Å². The first-order valence-corrected chi connectivity index (χ1v) is 10.5. The minimum atomic E-state index is -0.0439. The first kappa shape index (κ1) is 19.3. The second kappa shape index (κ2) is 8.16. The van der Waals surface area contributed by atoms with E-state index in [0.29, 0.717) is 9.51 Å². The Hall–Kier alpha value is -2.01. The lowest BCUT2D eigenvalue weighted by Crippen LogP contribution is -2.64. The number of aliphatic imine (C=N–C) groups is 1. The molecule has 0 radical (unpaired) electrons. The molecule has 2 heterocycles. The van der Waals surface area contributed by atoms with Crippen LogP contribution >= 0.6 is 11.6 Å². The molecule has 4 rings (SSSR count). The van der Waals surface area contributed by atoms with Gasteiger partial charge in [0.25, 0.3) is 0 Å². The molecule has 2 aromatic rings. The number of carbonyl (C=O) groups excluding carboxylic acids is 1. The van der Waals surface area contributed by atoms with Crippen molar-refractivity contribution >= 4 is 29.5 Å². The number of carbonyl (C=O) groups is 1. The van der Waals surface area contributed by atoms with E-state index in [0.717, 1.165) is 44.6 Å². The van der Waals surface area contributed by atoms with Crippen LogP contribution in [0.3, 0.4) is 0 Å². The van der Waals surface area contributed by atoms with Crippen molar-refractivity contribution in [3.8, 4) is 0 Å². The molecule has 28 heavy (non-hydrogen) atoms. The summed E-state index contributed by atoms with van der Waals surface area (Å²) in [5, 5.41) is 0.692. The quantitative estimate of drug-likeness (QED) is 0.670. The van der Waals surface area contributed by atoms with Gasteiger partial charge in [-0.05, 0) is 31.0 Å². The molecular formula is C23H27ClN3O+. The Balaban J connectivity index is 1.47. The SMILES string of the molecule is CC1C=NC(=O)[N+]1(c1ccc(Cl)cc1)C1CCN(CCc2ccccc2)CC1. The zero-order chi connectivity index (χ0) is 19.6. The maximum Gasteiger partial charge on any atom is 0.448 e. The Kier molecular flexibility index (Phi) is 5.63. The van der Waals surface area contributed by atoms with E-state index in [9.17, 15) is 4.79 Å². The maximum atomic E-state index is 13.0. The zero-order valence-electron chi connectivity index (χ0n) is 16.3. The van der Waals surface area contributed by atoms with Crippen LogP contribution in [0.4, 0.5) is 10.5 Å². The standard InChI is InChI=1S/C23H27ClN3O/c1-18-17-25-23(28)27(18,21-9-7-20(24)8-10-21)22-12-15-26(16-13-22)14-11-19-5-3-2-4-6-19/h2-10,17-18,22H,11-16H2,1H3/q+1. The van der Waals surface area contributed by atoms with E-state index in [4.69, 9.17) is 11.6 Å². The molecule has 0 aromatic heterocycles. The van der Waals surface area contributed by atoms with Crippen LogP contribution < -0.4 is 4.48 Å². The summed E-state index contributed by atoms with van der Waals surface area (Å²) in [4.78, 5) is 19.7. The smallest absolute Gasteiger partial charge is 0.303 e. The van der Waals surface area contributed by atoms with Crippen LogP contribution in [0.15, 0.2) is 59.6 Å². The average molecular weight is 397 g/mol. The molecule has 2 atom stereocenters. The van der Waals surface area contributed by atoms with Crippen molar-refractivity contribution in [1.29, 1.82) is 0 Å². The Labute approximate surface area is 172 Å². The number of urea groups is 1. The van der Waals surface area contributed by atoms with Crippen molar-refractivity contribution in [3.05, 3.63) is 65.2 Å². The predicted molar refractivity (Wildman–Crippen MR) is 116 cm³/mol. The number of piperidine rings is 1. The molecular weight excluding hydrogens is 370 g/mol. The summed E-state index contributed by atoms with van der Waals surface area (Å²) < 4.78 is 0.309. The van der Waals surface area contributed by atoms with Gasteiger partial charge in [-0.1, -0.05) is 41.9 Å². The summed E-state index contributed by atoms with van der Waals surface area (Å²) in [5.41, 5.74) is 2.38. The highest BCUT2D eigenvalue weighted by Crippen LogP contribution is 2.38. The number of benzene rings is 2. The molecule has 0 spiro atoms. The van der Waals surface area contributed by atoms with Crippen molar-refractivity contribution in [2.75, 3.05) is 19.6 Å². The number of quaternary nitrogens is 1. The van der Waals surface area contributed by atoms with Gasteiger partial charge in [0.05, 0.1) is 6.21 Å². The Morgan fingerprint density at radius 3 is 2.36 bits per heavy atom. The van der Waals surface area contributed by atoms with Gasteiger partial charge in [0.2, 0.25) is 0 Å².